The molecule has 0 saturated carbocycles. The highest BCUT2D eigenvalue weighted by Crippen LogP contribution is 2.26. The molecule has 16 heavy (non-hydrogen) atoms. The summed E-state index contributed by atoms with van der Waals surface area (Å²) in [5.74, 6) is 0.404. The second-order valence-electron chi connectivity index (χ2n) is 4.06. The fraction of sp³-hybridized carbons (Fsp3) is 0.333. The number of hydrogen-bond donors (Lipinski definition) is 2. The number of aromatic amines is 1. The summed E-state index contributed by atoms with van der Waals surface area (Å²) >= 11 is 0. The van der Waals surface area contributed by atoms with Gasteiger partial charge in [-0.25, -0.2) is 0 Å². The Kier molecular flexibility index (Phi) is 3.01. The molecule has 2 rings (SSSR count). The summed E-state index contributed by atoms with van der Waals surface area (Å²) in [6, 6.07) is 3.89. The molecule has 2 aromatic rings. The van der Waals surface area contributed by atoms with Crippen LogP contribution in [0.5, 0.6) is 0 Å². The number of pyridine rings is 1. The third kappa shape index (κ3) is 1.84. The molecule has 0 aliphatic heterocycles. The first-order valence-electron chi connectivity index (χ1n) is 5.41. The number of hydrogen-bond acceptors (Lipinski definition) is 3. The standard InChI is InChI=1S/C12H16N4/c1-8(2)11-10(7-13)12(16-15-11)9-3-5-14-6-4-9/h3-6,8H,7,13H2,1-2H3,(H,15,16). The van der Waals surface area contributed by atoms with Crippen molar-refractivity contribution >= 4 is 0 Å². The number of rotatable bonds is 3. The molecule has 2 aromatic heterocycles. The molecule has 4 nitrogen and oxygen atoms in total. The van der Waals surface area contributed by atoms with E-state index in [9.17, 15) is 0 Å². The van der Waals surface area contributed by atoms with Gasteiger partial charge in [-0.05, 0) is 18.1 Å². The second-order valence-corrected chi connectivity index (χ2v) is 4.06. The second kappa shape index (κ2) is 4.45. The van der Waals surface area contributed by atoms with Crippen LogP contribution in [0, 0.1) is 0 Å². The Hall–Kier alpha value is -1.68. The minimum atomic E-state index is 0.404. The molecule has 2 heterocycles. The van der Waals surface area contributed by atoms with E-state index in [2.05, 4.69) is 29.0 Å². The molecule has 0 aliphatic carbocycles. The van der Waals surface area contributed by atoms with E-state index in [1.807, 2.05) is 12.1 Å². The van der Waals surface area contributed by atoms with Crippen LogP contribution in [0.2, 0.25) is 0 Å². The van der Waals surface area contributed by atoms with Crippen LogP contribution in [0.4, 0.5) is 0 Å². The zero-order valence-corrected chi connectivity index (χ0v) is 9.57. The van der Waals surface area contributed by atoms with E-state index in [0.717, 1.165) is 22.5 Å². The topological polar surface area (TPSA) is 67.6 Å². The summed E-state index contributed by atoms with van der Waals surface area (Å²) in [5.41, 5.74) is 10.0. The first kappa shape index (κ1) is 10.8. The molecule has 0 atom stereocenters. The van der Waals surface area contributed by atoms with Crippen LogP contribution in [-0.4, -0.2) is 15.2 Å². The van der Waals surface area contributed by atoms with E-state index in [1.54, 1.807) is 12.4 Å². The van der Waals surface area contributed by atoms with Gasteiger partial charge < -0.3 is 5.73 Å². The maximum atomic E-state index is 5.80. The van der Waals surface area contributed by atoms with Gasteiger partial charge in [0.25, 0.3) is 0 Å². The first-order valence-corrected chi connectivity index (χ1v) is 5.41. The predicted octanol–water partition coefficient (Wildman–Crippen LogP) is 2.05. The minimum Gasteiger partial charge on any atom is -0.326 e. The molecule has 0 spiro atoms. The van der Waals surface area contributed by atoms with Crippen molar-refractivity contribution in [3.63, 3.8) is 0 Å². The van der Waals surface area contributed by atoms with E-state index in [0.29, 0.717) is 12.5 Å². The van der Waals surface area contributed by atoms with Gasteiger partial charge in [0.2, 0.25) is 0 Å². The van der Waals surface area contributed by atoms with Crippen LogP contribution in [-0.2, 0) is 6.54 Å². The molecule has 84 valence electrons. The number of aromatic nitrogens is 3. The lowest BCUT2D eigenvalue weighted by atomic mass is 10.0. The average Bonchev–Trinajstić information content (AvgIpc) is 2.73. The Bertz CT molecular complexity index is 459. The van der Waals surface area contributed by atoms with Gasteiger partial charge in [-0.15, -0.1) is 0 Å². The molecule has 0 fully saturated rings. The molecular formula is C12H16N4. The van der Waals surface area contributed by atoms with Gasteiger partial charge in [0.05, 0.1) is 5.69 Å². The normalized spacial score (nSPS) is 11.0. The highest BCUT2D eigenvalue weighted by atomic mass is 15.1. The largest absolute Gasteiger partial charge is 0.326 e. The van der Waals surface area contributed by atoms with Gasteiger partial charge in [0.15, 0.2) is 0 Å². The fourth-order valence-corrected chi connectivity index (χ4v) is 1.81. The van der Waals surface area contributed by atoms with Gasteiger partial charge in [-0.2, -0.15) is 5.10 Å². The lowest BCUT2D eigenvalue weighted by Crippen LogP contribution is -2.02. The highest BCUT2D eigenvalue weighted by Gasteiger charge is 2.15. The molecule has 0 aliphatic rings. The van der Waals surface area contributed by atoms with Crippen LogP contribution in [0.1, 0.15) is 31.0 Å². The van der Waals surface area contributed by atoms with E-state index < -0.39 is 0 Å². The van der Waals surface area contributed by atoms with Crippen molar-refractivity contribution in [2.45, 2.75) is 26.3 Å². The Morgan fingerprint density at radius 2 is 2.00 bits per heavy atom. The monoisotopic (exact) mass is 216 g/mol. The molecule has 0 amide bonds. The molecule has 0 aromatic carbocycles. The zero-order chi connectivity index (χ0) is 11.5. The van der Waals surface area contributed by atoms with Crippen molar-refractivity contribution in [2.24, 2.45) is 5.73 Å². The quantitative estimate of drug-likeness (QED) is 0.825. The predicted molar refractivity (Wildman–Crippen MR) is 63.8 cm³/mol. The zero-order valence-electron chi connectivity index (χ0n) is 9.57. The first-order chi connectivity index (χ1) is 7.74. The number of nitrogens with one attached hydrogen (secondary N) is 1. The summed E-state index contributed by atoms with van der Waals surface area (Å²) in [4.78, 5) is 4.00. The van der Waals surface area contributed by atoms with Crippen molar-refractivity contribution in [1.29, 1.82) is 0 Å². The number of nitrogens with two attached hydrogens (primary N) is 1. The van der Waals surface area contributed by atoms with E-state index in [-0.39, 0.29) is 0 Å². The van der Waals surface area contributed by atoms with Crippen LogP contribution in [0.3, 0.4) is 0 Å². The molecular weight excluding hydrogens is 200 g/mol. The maximum absolute atomic E-state index is 5.80. The lowest BCUT2D eigenvalue weighted by molar-refractivity contribution is 0.794. The number of H-pyrrole nitrogens is 1. The van der Waals surface area contributed by atoms with E-state index >= 15 is 0 Å². The van der Waals surface area contributed by atoms with Gasteiger partial charge in [-0.3, -0.25) is 10.1 Å². The smallest absolute Gasteiger partial charge is 0.0969 e. The van der Waals surface area contributed by atoms with Crippen molar-refractivity contribution < 1.29 is 0 Å². The van der Waals surface area contributed by atoms with Gasteiger partial charge in [0, 0.05) is 35.8 Å². The van der Waals surface area contributed by atoms with Crippen LogP contribution < -0.4 is 5.73 Å². The number of nitrogens with zero attached hydrogens (tertiary/aromatic N) is 2. The molecule has 0 radical (unpaired) electrons. The summed E-state index contributed by atoms with van der Waals surface area (Å²) in [5, 5.41) is 7.42. The van der Waals surface area contributed by atoms with Crippen LogP contribution >= 0.6 is 0 Å². The highest BCUT2D eigenvalue weighted by molar-refractivity contribution is 5.63. The molecule has 3 N–H and O–H groups in total. The van der Waals surface area contributed by atoms with Crippen molar-refractivity contribution in [2.75, 3.05) is 0 Å². The van der Waals surface area contributed by atoms with Gasteiger partial charge in [-0.1, -0.05) is 13.8 Å². The minimum absolute atomic E-state index is 0.404. The Balaban J connectivity index is 2.50. The van der Waals surface area contributed by atoms with Gasteiger partial charge in [0.1, 0.15) is 0 Å². The summed E-state index contributed by atoms with van der Waals surface area (Å²) < 4.78 is 0. The molecule has 4 heteroatoms. The summed E-state index contributed by atoms with van der Waals surface area (Å²) in [6.45, 7) is 4.76. The molecule has 0 unspecified atom stereocenters. The molecule has 0 saturated heterocycles. The van der Waals surface area contributed by atoms with Gasteiger partial charge >= 0.3 is 0 Å². The SMILES string of the molecule is CC(C)c1[nH]nc(-c2ccncc2)c1CN. The lowest BCUT2D eigenvalue weighted by Gasteiger charge is -2.05. The average molecular weight is 216 g/mol. The Labute approximate surface area is 94.9 Å². The Morgan fingerprint density at radius 1 is 1.31 bits per heavy atom. The third-order valence-electron chi connectivity index (χ3n) is 2.63. The van der Waals surface area contributed by atoms with E-state index in [4.69, 9.17) is 5.73 Å². The third-order valence-corrected chi connectivity index (χ3v) is 2.63. The molecule has 0 bridgehead atoms. The van der Waals surface area contributed by atoms with Crippen molar-refractivity contribution in [3.05, 3.63) is 35.8 Å². The fourth-order valence-electron chi connectivity index (χ4n) is 1.81. The maximum Gasteiger partial charge on any atom is 0.0969 e. The van der Waals surface area contributed by atoms with Crippen LogP contribution in [0.25, 0.3) is 11.3 Å². The van der Waals surface area contributed by atoms with Crippen molar-refractivity contribution in [3.8, 4) is 11.3 Å². The summed E-state index contributed by atoms with van der Waals surface area (Å²) in [7, 11) is 0. The summed E-state index contributed by atoms with van der Waals surface area (Å²) in [6.07, 6.45) is 3.53. The van der Waals surface area contributed by atoms with E-state index in [1.165, 1.54) is 0 Å². The van der Waals surface area contributed by atoms with Crippen molar-refractivity contribution in [1.82, 2.24) is 15.2 Å². The van der Waals surface area contributed by atoms with Crippen LogP contribution in [0.15, 0.2) is 24.5 Å². The Morgan fingerprint density at radius 3 is 2.56 bits per heavy atom.